The minimum atomic E-state index is -4.57. The summed E-state index contributed by atoms with van der Waals surface area (Å²) in [4.78, 5) is 23.1. The van der Waals surface area contributed by atoms with Gasteiger partial charge >= 0.3 is 6.18 Å². The monoisotopic (exact) mass is 440 g/mol. The molecule has 30 heavy (non-hydrogen) atoms. The number of rotatable bonds is 6. The number of aryl methyl sites for hydroxylation is 1. The number of ether oxygens (including phenoxy) is 1. The largest absolute Gasteiger partial charge is 0.490 e. The standard InChI is InChI=1S/C20H20ClF3N4O2/c1-10(30-18-12(11(2)25)4-3-5-14(18)20(22,23)24)6-7-17-27-15-9-26-16(21)8-13(15)19(29)28-17/h3-5,8-11H,6-7,25H2,1-2H3,(H,27,28,29)/t10-,11+/m0/s1. The van der Waals surface area contributed by atoms with Crippen molar-refractivity contribution < 1.29 is 17.9 Å². The molecule has 1 aromatic carbocycles. The van der Waals surface area contributed by atoms with Crippen molar-refractivity contribution in [2.45, 2.75) is 45.0 Å². The number of H-pyrrole nitrogens is 1. The molecule has 0 radical (unpaired) electrons. The fraction of sp³-hybridized carbons (Fsp3) is 0.350. The highest BCUT2D eigenvalue weighted by Gasteiger charge is 2.36. The lowest BCUT2D eigenvalue weighted by Gasteiger charge is -2.23. The first kappa shape index (κ1) is 22.0. The maximum atomic E-state index is 13.4. The van der Waals surface area contributed by atoms with E-state index >= 15 is 0 Å². The molecule has 2 heterocycles. The average Bonchev–Trinajstić information content (AvgIpc) is 2.66. The second-order valence-electron chi connectivity index (χ2n) is 7.01. The molecule has 0 saturated heterocycles. The van der Waals surface area contributed by atoms with E-state index in [9.17, 15) is 18.0 Å². The summed E-state index contributed by atoms with van der Waals surface area (Å²) in [5.74, 6) is 0.106. The number of nitrogens with two attached hydrogens (primary N) is 1. The number of para-hydroxylation sites is 1. The van der Waals surface area contributed by atoms with Crippen LogP contribution in [0.3, 0.4) is 0 Å². The van der Waals surface area contributed by atoms with Gasteiger partial charge in [-0.1, -0.05) is 23.7 Å². The van der Waals surface area contributed by atoms with Crippen LogP contribution in [0.25, 0.3) is 10.9 Å². The molecule has 160 valence electrons. The van der Waals surface area contributed by atoms with Gasteiger partial charge in [0, 0.05) is 18.0 Å². The molecular weight excluding hydrogens is 421 g/mol. The Bertz CT molecular complexity index is 1120. The van der Waals surface area contributed by atoms with Gasteiger partial charge in [0.05, 0.1) is 28.8 Å². The molecule has 6 nitrogen and oxygen atoms in total. The number of aromatic amines is 1. The lowest BCUT2D eigenvalue weighted by atomic mass is 10.0. The molecule has 0 unspecified atom stereocenters. The van der Waals surface area contributed by atoms with Gasteiger partial charge in [0.25, 0.3) is 5.56 Å². The molecule has 0 aliphatic carbocycles. The fourth-order valence-corrected chi connectivity index (χ4v) is 3.21. The Labute approximate surface area is 175 Å². The topological polar surface area (TPSA) is 93.9 Å². The van der Waals surface area contributed by atoms with E-state index in [4.69, 9.17) is 22.1 Å². The van der Waals surface area contributed by atoms with Crippen molar-refractivity contribution in [3.05, 3.63) is 62.9 Å². The van der Waals surface area contributed by atoms with E-state index in [1.54, 1.807) is 13.8 Å². The predicted octanol–water partition coefficient (Wildman–Crippen LogP) is 4.41. The molecule has 3 rings (SSSR count). The van der Waals surface area contributed by atoms with Crippen molar-refractivity contribution in [3.63, 3.8) is 0 Å². The number of aromatic nitrogens is 3. The number of nitrogens with zero attached hydrogens (tertiary/aromatic N) is 2. The molecule has 0 aliphatic heterocycles. The summed E-state index contributed by atoms with van der Waals surface area (Å²) >= 11 is 5.79. The molecule has 3 aromatic rings. The molecule has 0 amide bonds. The number of fused-ring (bicyclic) bond motifs is 1. The number of pyridine rings is 1. The molecule has 0 bridgehead atoms. The molecule has 3 N–H and O–H groups in total. The molecule has 2 atom stereocenters. The number of hydrogen-bond acceptors (Lipinski definition) is 5. The minimum Gasteiger partial charge on any atom is -0.490 e. The van der Waals surface area contributed by atoms with Crippen LogP contribution in [-0.2, 0) is 12.6 Å². The zero-order chi connectivity index (χ0) is 22.1. The Hall–Kier alpha value is -2.65. The van der Waals surface area contributed by atoms with Crippen LogP contribution in [0.5, 0.6) is 5.75 Å². The SMILES string of the molecule is C[C@@H](CCc1nc2cnc(Cl)cc2c(=O)[nH]1)Oc1c([C@@H](C)N)cccc1C(F)(F)F. The van der Waals surface area contributed by atoms with Gasteiger partial charge in [-0.25, -0.2) is 9.97 Å². The lowest BCUT2D eigenvalue weighted by Crippen LogP contribution is -2.20. The van der Waals surface area contributed by atoms with E-state index in [1.165, 1.54) is 24.4 Å². The highest BCUT2D eigenvalue weighted by atomic mass is 35.5. The third kappa shape index (κ3) is 4.91. The zero-order valence-corrected chi connectivity index (χ0v) is 17.0. The molecule has 0 aliphatic rings. The second kappa shape index (κ2) is 8.61. The first-order valence-corrected chi connectivity index (χ1v) is 9.61. The quantitative estimate of drug-likeness (QED) is 0.554. The van der Waals surface area contributed by atoms with Crippen molar-refractivity contribution in [1.29, 1.82) is 0 Å². The van der Waals surface area contributed by atoms with Crippen LogP contribution < -0.4 is 16.0 Å². The van der Waals surface area contributed by atoms with Crippen LogP contribution >= 0.6 is 11.6 Å². The van der Waals surface area contributed by atoms with Gasteiger partial charge in [-0.15, -0.1) is 0 Å². The molecule has 0 fully saturated rings. The summed E-state index contributed by atoms with van der Waals surface area (Å²) in [7, 11) is 0. The van der Waals surface area contributed by atoms with Crippen molar-refractivity contribution in [1.82, 2.24) is 15.0 Å². The summed E-state index contributed by atoms with van der Waals surface area (Å²) in [5, 5.41) is 0.488. The average molecular weight is 441 g/mol. The summed E-state index contributed by atoms with van der Waals surface area (Å²) in [6.45, 7) is 3.25. The normalized spacial score (nSPS) is 14.0. The second-order valence-corrected chi connectivity index (χ2v) is 7.40. The molecule has 0 saturated carbocycles. The Morgan fingerprint density at radius 1 is 1.30 bits per heavy atom. The van der Waals surface area contributed by atoms with Crippen LogP contribution in [0.4, 0.5) is 13.2 Å². The minimum absolute atomic E-state index is 0.179. The predicted molar refractivity (Wildman–Crippen MR) is 108 cm³/mol. The Kier molecular flexibility index (Phi) is 6.33. The van der Waals surface area contributed by atoms with Gasteiger partial charge in [0.1, 0.15) is 16.7 Å². The first-order valence-electron chi connectivity index (χ1n) is 9.23. The van der Waals surface area contributed by atoms with Crippen LogP contribution in [0.15, 0.2) is 35.3 Å². The summed E-state index contributed by atoms with van der Waals surface area (Å²) < 4.78 is 46.0. The molecular formula is C20H20ClF3N4O2. The number of halogens is 4. The Balaban J connectivity index is 1.80. The highest BCUT2D eigenvalue weighted by molar-refractivity contribution is 6.30. The zero-order valence-electron chi connectivity index (χ0n) is 16.3. The van der Waals surface area contributed by atoms with Gasteiger partial charge < -0.3 is 15.5 Å². The van der Waals surface area contributed by atoms with Crippen LogP contribution in [-0.4, -0.2) is 21.1 Å². The van der Waals surface area contributed by atoms with E-state index in [0.29, 0.717) is 23.1 Å². The summed E-state index contributed by atoms with van der Waals surface area (Å²) in [6.07, 6.45) is -3.16. The first-order chi connectivity index (χ1) is 14.1. The van der Waals surface area contributed by atoms with Crippen molar-refractivity contribution in [2.24, 2.45) is 5.73 Å². The summed E-state index contributed by atoms with van der Waals surface area (Å²) in [6, 6.07) is 4.58. The van der Waals surface area contributed by atoms with Crippen molar-refractivity contribution in [2.75, 3.05) is 0 Å². The van der Waals surface area contributed by atoms with Crippen molar-refractivity contribution >= 4 is 22.5 Å². The number of alkyl halides is 3. The Morgan fingerprint density at radius 3 is 2.70 bits per heavy atom. The van der Waals surface area contributed by atoms with E-state index in [1.807, 2.05) is 0 Å². The van der Waals surface area contributed by atoms with Crippen LogP contribution in [0.2, 0.25) is 5.15 Å². The van der Waals surface area contributed by atoms with Gasteiger partial charge in [-0.2, -0.15) is 13.2 Å². The maximum Gasteiger partial charge on any atom is 0.419 e. The van der Waals surface area contributed by atoms with E-state index in [-0.39, 0.29) is 28.4 Å². The molecule has 0 spiro atoms. The van der Waals surface area contributed by atoms with E-state index in [2.05, 4.69) is 15.0 Å². The molecule has 10 heteroatoms. The maximum absolute atomic E-state index is 13.4. The third-order valence-electron chi connectivity index (χ3n) is 4.56. The van der Waals surface area contributed by atoms with Crippen LogP contribution in [0.1, 0.15) is 43.3 Å². The number of hydrogen-bond donors (Lipinski definition) is 2. The fourth-order valence-electron chi connectivity index (χ4n) is 3.05. The van der Waals surface area contributed by atoms with Gasteiger partial charge in [-0.3, -0.25) is 4.79 Å². The lowest BCUT2D eigenvalue weighted by molar-refractivity contribution is -0.139. The Morgan fingerprint density at radius 2 is 2.03 bits per heavy atom. The summed E-state index contributed by atoms with van der Waals surface area (Å²) in [5.41, 5.74) is 5.26. The van der Waals surface area contributed by atoms with Crippen molar-refractivity contribution in [3.8, 4) is 5.75 Å². The smallest absolute Gasteiger partial charge is 0.419 e. The third-order valence-corrected chi connectivity index (χ3v) is 4.76. The number of nitrogens with one attached hydrogen (secondary N) is 1. The molecule has 2 aromatic heterocycles. The van der Waals surface area contributed by atoms with E-state index < -0.39 is 23.9 Å². The van der Waals surface area contributed by atoms with Gasteiger partial charge in [0.2, 0.25) is 0 Å². The number of benzene rings is 1. The van der Waals surface area contributed by atoms with E-state index in [0.717, 1.165) is 6.07 Å². The van der Waals surface area contributed by atoms with Gasteiger partial charge in [0.15, 0.2) is 0 Å². The van der Waals surface area contributed by atoms with Crippen LogP contribution in [0, 0.1) is 0 Å². The highest BCUT2D eigenvalue weighted by Crippen LogP contribution is 2.40. The van der Waals surface area contributed by atoms with Gasteiger partial charge in [-0.05, 0) is 32.4 Å².